The Labute approximate surface area is 159 Å². The normalized spacial score (nSPS) is 15.0. The van der Waals surface area contributed by atoms with Crippen molar-refractivity contribution in [2.24, 2.45) is 5.10 Å². The van der Waals surface area contributed by atoms with Gasteiger partial charge < -0.3 is 14.7 Å². The molecular formula is C21H26N3O3+. The van der Waals surface area contributed by atoms with E-state index in [-0.39, 0.29) is 11.7 Å². The number of nitrogens with zero attached hydrogens (tertiary/aromatic N) is 1. The number of benzene rings is 2. The first kappa shape index (κ1) is 18.9. The molecule has 0 spiro atoms. The Hall–Kier alpha value is -2.86. The van der Waals surface area contributed by atoms with Crippen molar-refractivity contribution in [3.05, 3.63) is 59.2 Å². The van der Waals surface area contributed by atoms with Crippen molar-refractivity contribution in [1.29, 1.82) is 0 Å². The number of carbonyl (C=O) groups excluding carboxylic acids is 1. The minimum absolute atomic E-state index is 0.0487. The number of phenolic OH excluding ortho intramolecular Hbond substituents is 1. The van der Waals surface area contributed by atoms with Gasteiger partial charge in [0, 0.05) is 24.0 Å². The summed E-state index contributed by atoms with van der Waals surface area (Å²) in [7, 11) is 1.69. The highest BCUT2D eigenvalue weighted by atomic mass is 16.5. The minimum atomic E-state index is -0.361. The Kier molecular flexibility index (Phi) is 6.08. The minimum Gasteiger partial charge on any atom is -0.508 e. The maximum atomic E-state index is 12.2. The lowest BCUT2D eigenvalue weighted by Gasteiger charge is -2.15. The topological polar surface area (TPSA) is 75.4 Å². The number of amides is 1. The van der Waals surface area contributed by atoms with Crippen LogP contribution in [0.5, 0.6) is 11.5 Å². The van der Waals surface area contributed by atoms with Crippen LogP contribution in [0.4, 0.5) is 0 Å². The van der Waals surface area contributed by atoms with Gasteiger partial charge in [-0.05, 0) is 48.9 Å². The van der Waals surface area contributed by atoms with Crippen LogP contribution in [-0.2, 0) is 6.54 Å². The molecule has 1 saturated heterocycles. The molecule has 2 aromatic rings. The van der Waals surface area contributed by atoms with Crippen LogP contribution in [0.1, 0.15) is 41.3 Å². The molecule has 0 atom stereocenters. The van der Waals surface area contributed by atoms with Gasteiger partial charge in [0.1, 0.15) is 18.0 Å². The molecule has 0 aliphatic carbocycles. The molecule has 6 heteroatoms. The molecule has 6 nitrogen and oxygen atoms in total. The number of ether oxygens (including phenoxy) is 1. The molecule has 142 valence electrons. The van der Waals surface area contributed by atoms with Crippen LogP contribution in [0.25, 0.3) is 0 Å². The van der Waals surface area contributed by atoms with E-state index in [1.54, 1.807) is 24.1 Å². The summed E-state index contributed by atoms with van der Waals surface area (Å²) in [5, 5.41) is 13.7. The zero-order valence-electron chi connectivity index (χ0n) is 15.8. The number of likely N-dealkylation sites (tertiary alicyclic amines) is 1. The van der Waals surface area contributed by atoms with Gasteiger partial charge in [0.15, 0.2) is 0 Å². The average Bonchev–Trinajstić information content (AvgIpc) is 3.18. The Morgan fingerprint density at radius 3 is 2.67 bits per heavy atom. The van der Waals surface area contributed by atoms with Crippen LogP contribution in [0, 0.1) is 0 Å². The van der Waals surface area contributed by atoms with Crippen molar-refractivity contribution >= 4 is 11.6 Å². The van der Waals surface area contributed by atoms with Crippen molar-refractivity contribution in [2.45, 2.75) is 26.3 Å². The number of carbonyl (C=O) groups is 1. The maximum absolute atomic E-state index is 12.2. The first-order valence-electron chi connectivity index (χ1n) is 9.21. The molecule has 0 aromatic heterocycles. The van der Waals surface area contributed by atoms with Crippen LogP contribution in [0.15, 0.2) is 47.6 Å². The van der Waals surface area contributed by atoms with E-state index in [1.807, 2.05) is 19.1 Å². The van der Waals surface area contributed by atoms with E-state index in [0.717, 1.165) is 23.4 Å². The fraction of sp³-hybridized carbons (Fsp3) is 0.333. The Bertz CT molecular complexity index is 842. The summed E-state index contributed by atoms with van der Waals surface area (Å²) < 4.78 is 5.51. The van der Waals surface area contributed by atoms with Crippen molar-refractivity contribution < 1.29 is 19.5 Å². The standard InChI is InChI=1S/C21H25N3O3/c1-15(22-23-21(26)17-6-5-7-19(25)13-17)16-8-9-20(27-2)18(12-16)14-24-10-3-4-11-24/h5-9,12-13,25H,3-4,10-11,14H2,1-2H3,(H,23,26)/p+1/b22-15-. The first-order valence-corrected chi connectivity index (χ1v) is 9.21. The van der Waals surface area contributed by atoms with Crippen LogP contribution >= 0.6 is 0 Å². The summed E-state index contributed by atoms with van der Waals surface area (Å²) in [6.07, 6.45) is 2.55. The molecule has 1 aliphatic heterocycles. The van der Waals surface area contributed by atoms with Gasteiger partial charge in [0.05, 0.1) is 25.9 Å². The summed E-state index contributed by atoms with van der Waals surface area (Å²) in [4.78, 5) is 13.7. The zero-order chi connectivity index (χ0) is 19.2. The molecule has 3 rings (SSSR count). The van der Waals surface area contributed by atoms with Crippen LogP contribution in [-0.4, -0.2) is 36.9 Å². The molecule has 1 amide bonds. The second kappa shape index (κ2) is 8.68. The third kappa shape index (κ3) is 4.86. The summed E-state index contributed by atoms with van der Waals surface area (Å²) in [6, 6.07) is 12.2. The van der Waals surface area contributed by atoms with Gasteiger partial charge >= 0.3 is 0 Å². The first-order chi connectivity index (χ1) is 13.1. The van der Waals surface area contributed by atoms with E-state index < -0.39 is 0 Å². The quantitative estimate of drug-likeness (QED) is 0.537. The number of quaternary nitrogens is 1. The molecule has 1 aliphatic rings. The molecular weight excluding hydrogens is 342 g/mol. The van der Waals surface area contributed by atoms with Gasteiger partial charge in [-0.2, -0.15) is 5.10 Å². The number of hydrogen-bond donors (Lipinski definition) is 3. The van der Waals surface area contributed by atoms with Crippen molar-refractivity contribution in [3.63, 3.8) is 0 Å². The Morgan fingerprint density at radius 2 is 1.96 bits per heavy atom. The summed E-state index contributed by atoms with van der Waals surface area (Å²) in [5.41, 5.74) is 5.72. The van der Waals surface area contributed by atoms with Gasteiger partial charge in [-0.1, -0.05) is 6.07 Å². The number of hydrazone groups is 1. The van der Waals surface area contributed by atoms with E-state index in [2.05, 4.69) is 16.6 Å². The lowest BCUT2D eigenvalue weighted by atomic mass is 10.1. The lowest BCUT2D eigenvalue weighted by molar-refractivity contribution is -0.901. The van der Waals surface area contributed by atoms with Crippen molar-refractivity contribution in [3.8, 4) is 11.5 Å². The predicted octanol–water partition coefficient (Wildman–Crippen LogP) is 1.73. The molecule has 0 unspecified atom stereocenters. The second-order valence-corrected chi connectivity index (χ2v) is 6.85. The largest absolute Gasteiger partial charge is 0.508 e. The van der Waals surface area contributed by atoms with Gasteiger partial charge in [0.25, 0.3) is 5.91 Å². The molecule has 3 N–H and O–H groups in total. The van der Waals surface area contributed by atoms with Crippen LogP contribution < -0.4 is 15.1 Å². The molecule has 0 saturated carbocycles. The zero-order valence-corrected chi connectivity index (χ0v) is 15.8. The summed E-state index contributed by atoms with van der Waals surface area (Å²) >= 11 is 0. The number of aromatic hydroxyl groups is 1. The molecule has 1 heterocycles. The highest BCUT2D eigenvalue weighted by Gasteiger charge is 2.18. The van der Waals surface area contributed by atoms with Crippen molar-refractivity contribution in [2.75, 3.05) is 20.2 Å². The predicted molar refractivity (Wildman–Crippen MR) is 104 cm³/mol. The Balaban J connectivity index is 1.74. The second-order valence-electron chi connectivity index (χ2n) is 6.85. The number of methoxy groups -OCH3 is 1. The summed E-state index contributed by atoms with van der Waals surface area (Å²) in [5.74, 6) is 0.572. The van der Waals surface area contributed by atoms with E-state index in [1.165, 1.54) is 38.1 Å². The third-order valence-corrected chi connectivity index (χ3v) is 4.88. The highest BCUT2D eigenvalue weighted by molar-refractivity contribution is 6.01. The van der Waals surface area contributed by atoms with E-state index in [4.69, 9.17) is 4.74 Å². The average molecular weight is 368 g/mol. The highest BCUT2D eigenvalue weighted by Crippen LogP contribution is 2.20. The van der Waals surface area contributed by atoms with Crippen LogP contribution in [0.3, 0.4) is 0 Å². The monoisotopic (exact) mass is 368 g/mol. The number of phenols is 1. The van der Waals surface area contributed by atoms with E-state index in [9.17, 15) is 9.90 Å². The van der Waals surface area contributed by atoms with Gasteiger partial charge in [0.2, 0.25) is 0 Å². The molecule has 1 fully saturated rings. The van der Waals surface area contributed by atoms with Gasteiger partial charge in [-0.3, -0.25) is 4.79 Å². The van der Waals surface area contributed by atoms with Gasteiger partial charge in [-0.15, -0.1) is 0 Å². The fourth-order valence-corrected chi connectivity index (χ4v) is 3.37. The molecule has 27 heavy (non-hydrogen) atoms. The van der Waals surface area contributed by atoms with Gasteiger partial charge in [-0.25, -0.2) is 5.43 Å². The lowest BCUT2D eigenvalue weighted by Crippen LogP contribution is -3.08. The summed E-state index contributed by atoms with van der Waals surface area (Å²) in [6.45, 7) is 5.18. The fourth-order valence-electron chi connectivity index (χ4n) is 3.37. The number of rotatable bonds is 6. The smallest absolute Gasteiger partial charge is 0.271 e. The van der Waals surface area contributed by atoms with Crippen molar-refractivity contribution in [1.82, 2.24) is 5.43 Å². The number of hydrogen-bond acceptors (Lipinski definition) is 4. The Morgan fingerprint density at radius 1 is 1.19 bits per heavy atom. The maximum Gasteiger partial charge on any atom is 0.271 e. The molecule has 2 aromatic carbocycles. The molecule has 0 bridgehead atoms. The number of nitrogens with one attached hydrogen (secondary N) is 2. The third-order valence-electron chi connectivity index (χ3n) is 4.88. The van der Waals surface area contributed by atoms with Crippen LogP contribution in [0.2, 0.25) is 0 Å². The van der Waals surface area contributed by atoms with E-state index >= 15 is 0 Å². The SMILES string of the molecule is COc1ccc(/C(C)=N\NC(=O)c2cccc(O)c2)cc1C[NH+]1CCCC1. The van der Waals surface area contributed by atoms with E-state index in [0.29, 0.717) is 11.3 Å². The molecule has 0 radical (unpaired) electrons.